The van der Waals surface area contributed by atoms with Crippen molar-refractivity contribution >= 4 is 34.1 Å². The monoisotopic (exact) mass is 440 g/mol. The molecule has 0 radical (unpaired) electrons. The average molecular weight is 441 g/mol. The van der Waals surface area contributed by atoms with Crippen LogP contribution in [-0.4, -0.2) is 26.4 Å². The van der Waals surface area contributed by atoms with Crippen LogP contribution in [0.25, 0.3) is 27.8 Å². The Balaban J connectivity index is 1.40. The summed E-state index contributed by atoms with van der Waals surface area (Å²) >= 11 is 1.35. The van der Waals surface area contributed by atoms with Gasteiger partial charge in [0, 0.05) is 16.8 Å². The van der Waals surface area contributed by atoms with E-state index in [9.17, 15) is 4.79 Å². The molecular formula is C25H20N4O2S. The van der Waals surface area contributed by atoms with Crippen LogP contribution in [0.4, 0.5) is 5.69 Å². The summed E-state index contributed by atoms with van der Waals surface area (Å²) < 4.78 is 7.42. The third-order valence-corrected chi connectivity index (χ3v) is 6.07. The van der Waals surface area contributed by atoms with Crippen LogP contribution >= 0.6 is 11.8 Å². The number of aromatic nitrogens is 3. The number of carbonyl (C=O) groups is 1. The Morgan fingerprint density at radius 3 is 2.56 bits per heavy atom. The second kappa shape index (κ2) is 8.72. The zero-order valence-electron chi connectivity index (χ0n) is 17.4. The van der Waals surface area contributed by atoms with Crippen LogP contribution in [0.1, 0.15) is 5.76 Å². The molecule has 5 rings (SSSR count). The third kappa shape index (κ3) is 3.90. The van der Waals surface area contributed by atoms with E-state index < -0.39 is 0 Å². The Kier molecular flexibility index (Phi) is 5.47. The lowest BCUT2D eigenvalue weighted by Crippen LogP contribution is -2.14. The summed E-state index contributed by atoms with van der Waals surface area (Å²) in [7, 11) is 0. The lowest BCUT2D eigenvalue weighted by atomic mass is 10.1. The van der Waals surface area contributed by atoms with Gasteiger partial charge in [-0.15, -0.1) is 10.2 Å². The van der Waals surface area contributed by atoms with Crippen molar-refractivity contribution in [3.63, 3.8) is 0 Å². The van der Waals surface area contributed by atoms with Crippen LogP contribution in [0, 0.1) is 6.92 Å². The fourth-order valence-electron chi connectivity index (χ4n) is 3.62. The van der Waals surface area contributed by atoms with Gasteiger partial charge in [-0.25, -0.2) is 0 Å². The Bertz CT molecular complexity index is 1390. The number of carbonyl (C=O) groups excluding carboxylic acids is 1. The van der Waals surface area contributed by atoms with Crippen molar-refractivity contribution in [1.82, 2.24) is 14.8 Å². The van der Waals surface area contributed by atoms with Crippen LogP contribution < -0.4 is 5.32 Å². The first-order chi connectivity index (χ1) is 15.7. The molecule has 1 amide bonds. The van der Waals surface area contributed by atoms with Gasteiger partial charge in [0.2, 0.25) is 5.91 Å². The SMILES string of the molecule is Cc1occc1-c1nnc(SCC(=O)Nc2cccc3ccccc23)n1-c1ccccc1. The zero-order valence-corrected chi connectivity index (χ0v) is 18.2. The predicted octanol–water partition coefficient (Wildman–Crippen LogP) is 5.72. The van der Waals surface area contributed by atoms with Crippen LogP contribution in [0.3, 0.4) is 0 Å². The summed E-state index contributed by atoms with van der Waals surface area (Å²) in [6.45, 7) is 1.89. The van der Waals surface area contributed by atoms with Crippen molar-refractivity contribution in [3.05, 3.63) is 90.9 Å². The highest BCUT2D eigenvalue weighted by atomic mass is 32.2. The molecule has 0 saturated heterocycles. The van der Waals surface area contributed by atoms with Gasteiger partial charge in [-0.05, 0) is 36.6 Å². The predicted molar refractivity (Wildman–Crippen MR) is 127 cm³/mol. The zero-order chi connectivity index (χ0) is 21.9. The minimum absolute atomic E-state index is 0.102. The van der Waals surface area contributed by atoms with Crippen molar-refractivity contribution in [2.75, 3.05) is 11.1 Å². The molecule has 0 spiro atoms. The smallest absolute Gasteiger partial charge is 0.234 e. The Labute approximate surface area is 189 Å². The number of rotatable bonds is 6. The second-order valence-electron chi connectivity index (χ2n) is 7.23. The molecule has 1 N–H and O–H groups in total. The van der Waals surface area contributed by atoms with Gasteiger partial charge in [0.25, 0.3) is 0 Å². The van der Waals surface area contributed by atoms with E-state index in [1.807, 2.05) is 90.4 Å². The highest BCUT2D eigenvalue weighted by Gasteiger charge is 2.19. The fraction of sp³-hybridized carbons (Fsp3) is 0.0800. The van der Waals surface area contributed by atoms with Gasteiger partial charge >= 0.3 is 0 Å². The van der Waals surface area contributed by atoms with E-state index >= 15 is 0 Å². The summed E-state index contributed by atoms with van der Waals surface area (Å²) in [5.74, 6) is 1.55. The number of hydrogen-bond acceptors (Lipinski definition) is 5. The molecule has 2 heterocycles. The number of anilines is 1. The second-order valence-corrected chi connectivity index (χ2v) is 8.17. The van der Waals surface area contributed by atoms with Gasteiger partial charge in [-0.3, -0.25) is 9.36 Å². The number of hydrogen-bond donors (Lipinski definition) is 1. The molecule has 0 saturated carbocycles. The van der Waals surface area contributed by atoms with Gasteiger partial charge in [-0.1, -0.05) is 66.4 Å². The van der Waals surface area contributed by atoms with Gasteiger partial charge in [-0.2, -0.15) is 0 Å². The first-order valence-electron chi connectivity index (χ1n) is 10.2. The number of nitrogens with one attached hydrogen (secondary N) is 1. The first-order valence-corrected chi connectivity index (χ1v) is 11.1. The molecule has 6 nitrogen and oxygen atoms in total. The number of fused-ring (bicyclic) bond motifs is 1. The standard InChI is InChI=1S/C25H20N4O2S/c1-17-20(14-15-31-17)24-27-28-25(29(24)19-10-3-2-4-11-19)32-16-23(30)26-22-13-7-9-18-8-5-6-12-21(18)22/h2-15H,16H2,1H3,(H,26,30). The van der Waals surface area contributed by atoms with Crippen molar-refractivity contribution in [2.24, 2.45) is 0 Å². The van der Waals surface area contributed by atoms with E-state index in [1.54, 1.807) is 6.26 Å². The molecule has 3 aromatic carbocycles. The van der Waals surface area contributed by atoms with Crippen LogP contribution in [0.15, 0.2) is 94.7 Å². The van der Waals surface area contributed by atoms with Crippen molar-refractivity contribution in [3.8, 4) is 17.1 Å². The van der Waals surface area contributed by atoms with E-state index in [1.165, 1.54) is 11.8 Å². The summed E-state index contributed by atoms with van der Waals surface area (Å²) in [6.07, 6.45) is 1.64. The van der Waals surface area contributed by atoms with Crippen LogP contribution in [0.2, 0.25) is 0 Å². The van der Waals surface area contributed by atoms with E-state index in [0.29, 0.717) is 11.0 Å². The molecule has 158 valence electrons. The summed E-state index contributed by atoms with van der Waals surface area (Å²) in [5, 5.41) is 14.5. The number of amides is 1. The van der Waals surface area contributed by atoms with Gasteiger partial charge < -0.3 is 9.73 Å². The molecular weight excluding hydrogens is 420 g/mol. The minimum atomic E-state index is -0.102. The Morgan fingerprint density at radius 1 is 0.969 bits per heavy atom. The Hall–Kier alpha value is -3.84. The maximum absolute atomic E-state index is 12.8. The fourth-order valence-corrected chi connectivity index (χ4v) is 4.37. The largest absolute Gasteiger partial charge is 0.469 e. The topological polar surface area (TPSA) is 72.9 Å². The van der Waals surface area contributed by atoms with Crippen molar-refractivity contribution in [1.29, 1.82) is 0 Å². The quantitative estimate of drug-likeness (QED) is 0.342. The molecule has 0 aliphatic carbocycles. The van der Waals surface area contributed by atoms with Gasteiger partial charge in [0.15, 0.2) is 11.0 Å². The summed E-state index contributed by atoms with van der Waals surface area (Å²) in [6, 6.07) is 25.6. The normalized spacial score (nSPS) is 11.0. The van der Waals surface area contributed by atoms with E-state index in [-0.39, 0.29) is 11.7 Å². The molecule has 0 bridgehead atoms. The number of furan rings is 1. The molecule has 2 aromatic heterocycles. The van der Waals surface area contributed by atoms with Crippen LogP contribution in [-0.2, 0) is 4.79 Å². The molecule has 0 aliphatic rings. The number of nitrogens with zero attached hydrogens (tertiary/aromatic N) is 3. The highest BCUT2D eigenvalue weighted by Crippen LogP contribution is 2.30. The molecule has 5 aromatic rings. The molecule has 0 unspecified atom stereocenters. The average Bonchev–Trinajstić information content (AvgIpc) is 3.44. The number of thioether (sulfide) groups is 1. The summed E-state index contributed by atoms with van der Waals surface area (Å²) in [5.41, 5.74) is 2.59. The molecule has 0 fully saturated rings. The van der Waals surface area contributed by atoms with Crippen molar-refractivity contribution < 1.29 is 9.21 Å². The number of para-hydroxylation sites is 1. The van der Waals surface area contributed by atoms with Gasteiger partial charge in [0.05, 0.1) is 17.6 Å². The van der Waals surface area contributed by atoms with E-state index in [4.69, 9.17) is 4.42 Å². The molecule has 32 heavy (non-hydrogen) atoms. The molecule has 0 atom stereocenters. The first kappa shape index (κ1) is 20.1. The molecule has 7 heteroatoms. The maximum Gasteiger partial charge on any atom is 0.234 e. The van der Waals surface area contributed by atoms with E-state index in [0.717, 1.165) is 33.5 Å². The highest BCUT2D eigenvalue weighted by molar-refractivity contribution is 7.99. The lowest BCUT2D eigenvalue weighted by Gasteiger charge is -2.11. The molecule has 0 aliphatic heterocycles. The van der Waals surface area contributed by atoms with Crippen molar-refractivity contribution in [2.45, 2.75) is 12.1 Å². The van der Waals surface area contributed by atoms with E-state index in [2.05, 4.69) is 15.5 Å². The third-order valence-electron chi connectivity index (χ3n) is 5.14. The van der Waals surface area contributed by atoms with Gasteiger partial charge in [0.1, 0.15) is 5.76 Å². The minimum Gasteiger partial charge on any atom is -0.469 e. The Morgan fingerprint density at radius 2 is 1.75 bits per heavy atom. The number of benzene rings is 3. The lowest BCUT2D eigenvalue weighted by molar-refractivity contribution is -0.113. The number of aryl methyl sites for hydroxylation is 1. The summed E-state index contributed by atoms with van der Waals surface area (Å²) in [4.78, 5) is 12.8. The maximum atomic E-state index is 12.8. The van der Waals surface area contributed by atoms with Crippen LogP contribution in [0.5, 0.6) is 0 Å².